The van der Waals surface area contributed by atoms with E-state index >= 15 is 0 Å². The maximum absolute atomic E-state index is 12.9. The molecular weight excluding hydrogens is 215 g/mol. The lowest BCUT2D eigenvalue weighted by Gasteiger charge is -2.27. The number of halogens is 1. The molecule has 0 aromatic heterocycles. The highest BCUT2D eigenvalue weighted by molar-refractivity contribution is 5.20. The third-order valence-corrected chi connectivity index (χ3v) is 3.12. The van der Waals surface area contributed by atoms with Crippen LogP contribution in [0.3, 0.4) is 0 Å². The van der Waals surface area contributed by atoms with Crippen LogP contribution in [0.25, 0.3) is 0 Å². The van der Waals surface area contributed by atoms with Crippen LogP contribution in [0.1, 0.15) is 37.8 Å². The summed E-state index contributed by atoms with van der Waals surface area (Å²) in [5.41, 5.74) is 6.90. The van der Waals surface area contributed by atoms with Crippen LogP contribution in [0.4, 0.5) is 4.39 Å². The number of hydrogen-bond acceptors (Lipinski definition) is 2. The van der Waals surface area contributed by atoms with Crippen molar-refractivity contribution in [1.82, 2.24) is 4.90 Å². The largest absolute Gasteiger partial charge is 0.329 e. The van der Waals surface area contributed by atoms with Gasteiger partial charge in [-0.05, 0) is 37.7 Å². The van der Waals surface area contributed by atoms with Crippen LogP contribution < -0.4 is 5.73 Å². The summed E-state index contributed by atoms with van der Waals surface area (Å²) < 4.78 is 12.9. The number of unbranched alkanes of at least 4 members (excludes halogenated alkanes) is 2. The van der Waals surface area contributed by atoms with Crippen molar-refractivity contribution in [2.24, 2.45) is 5.73 Å². The SMILES string of the molecule is CCCCCN(C)C(CN)c1ccc(F)cc1. The number of benzene rings is 1. The van der Waals surface area contributed by atoms with Crippen molar-refractivity contribution in [1.29, 1.82) is 0 Å². The van der Waals surface area contributed by atoms with Crippen LogP contribution in [0.5, 0.6) is 0 Å². The van der Waals surface area contributed by atoms with E-state index in [-0.39, 0.29) is 11.9 Å². The lowest BCUT2D eigenvalue weighted by molar-refractivity contribution is 0.245. The first-order chi connectivity index (χ1) is 8.19. The second-order valence-electron chi connectivity index (χ2n) is 4.49. The standard InChI is InChI=1S/C14H23FN2/c1-3-4-5-10-17(2)14(11-16)12-6-8-13(15)9-7-12/h6-9,14H,3-5,10-11,16H2,1-2H3. The van der Waals surface area contributed by atoms with Gasteiger partial charge in [0.15, 0.2) is 0 Å². The van der Waals surface area contributed by atoms with Gasteiger partial charge in [-0.2, -0.15) is 0 Å². The Bertz CT molecular complexity index is 311. The fourth-order valence-corrected chi connectivity index (χ4v) is 2.02. The predicted octanol–water partition coefficient (Wildman–Crippen LogP) is 2.95. The van der Waals surface area contributed by atoms with E-state index in [4.69, 9.17) is 5.73 Å². The third-order valence-electron chi connectivity index (χ3n) is 3.12. The lowest BCUT2D eigenvalue weighted by Crippen LogP contribution is -2.31. The summed E-state index contributed by atoms with van der Waals surface area (Å²) in [6.45, 7) is 3.79. The molecule has 0 amide bonds. The predicted molar refractivity (Wildman–Crippen MR) is 70.4 cm³/mol. The minimum atomic E-state index is -0.196. The molecule has 0 aliphatic carbocycles. The van der Waals surface area contributed by atoms with Crippen molar-refractivity contribution < 1.29 is 4.39 Å². The monoisotopic (exact) mass is 238 g/mol. The first-order valence-electron chi connectivity index (χ1n) is 6.34. The van der Waals surface area contributed by atoms with Gasteiger partial charge in [0.1, 0.15) is 5.82 Å². The fourth-order valence-electron chi connectivity index (χ4n) is 2.02. The molecular formula is C14H23FN2. The van der Waals surface area contributed by atoms with Crippen molar-refractivity contribution in [2.75, 3.05) is 20.1 Å². The Hall–Kier alpha value is -0.930. The molecule has 2 nitrogen and oxygen atoms in total. The average molecular weight is 238 g/mol. The van der Waals surface area contributed by atoms with Crippen LogP contribution in [-0.2, 0) is 0 Å². The Morgan fingerprint density at radius 1 is 1.24 bits per heavy atom. The smallest absolute Gasteiger partial charge is 0.123 e. The Labute approximate surface area is 104 Å². The van der Waals surface area contributed by atoms with Gasteiger partial charge in [0.2, 0.25) is 0 Å². The number of rotatable bonds is 7. The Balaban J connectivity index is 2.60. The van der Waals surface area contributed by atoms with Crippen molar-refractivity contribution in [3.05, 3.63) is 35.6 Å². The van der Waals surface area contributed by atoms with E-state index in [1.165, 1.54) is 31.4 Å². The van der Waals surface area contributed by atoms with E-state index in [0.717, 1.165) is 12.1 Å². The summed E-state index contributed by atoms with van der Waals surface area (Å²) in [4.78, 5) is 2.25. The molecule has 1 aromatic rings. The summed E-state index contributed by atoms with van der Waals surface area (Å²) in [5.74, 6) is -0.196. The van der Waals surface area contributed by atoms with Crippen molar-refractivity contribution in [3.8, 4) is 0 Å². The van der Waals surface area contributed by atoms with E-state index < -0.39 is 0 Å². The van der Waals surface area contributed by atoms with Crippen LogP contribution in [0.2, 0.25) is 0 Å². The molecule has 0 saturated heterocycles. The minimum Gasteiger partial charge on any atom is -0.329 e. The van der Waals surface area contributed by atoms with Crippen LogP contribution in [0.15, 0.2) is 24.3 Å². The molecule has 2 N–H and O–H groups in total. The van der Waals surface area contributed by atoms with E-state index in [0.29, 0.717) is 6.54 Å². The Morgan fingerprint density at radius 2 is 1.88 bits per heavy atom. The van der Waals surface area contributed by atoms with Gasteiger partial charge in [-0.15, -0.1) is 0 Å². The highest BCUT2D eigenvalue weighted by atomic mass is 19.1. The molecule has 0 saturated carbocycles. The molecule has 0 aliphatic rings. The molecule has 17 heavy (non-hydrogen) atoms. The molecule has 1 rings (SSSR count). The van der Waals surface area contributed by atoms with Crippen molar-refractivity contribution >= 4 is 0 Å². The van der Waals surface area contributed by atoms with Crippen molar-refractivity contribution in [3.63, 3.8) is 0 Å². The number of likely N-dealkylation sites (N-methyl/N-ethyl adjacent to an activating group) is 1. The second kappa shape index (κ2) is 7.41. The van der Waals surface area contributed by atoms with E-state index in [1.54, 1.807) is 0 Å². The number of nitrogens with two attached hydrogens (primary N) is 1. The zero-order valence-electron chi connectivity index (χ0n) is 10.8. The maximum atomic E-state index is 12.9. The van der Waals surface area contributed by atoms with Gasteiger partial charge in [-0.25, -0.2) is 4.39 Å². The lowest BCUT2D eigenvalue weighted by atomic mass is 10.1. The topological polar surface area (TPSA) is 29.3 Å². The van der Waals surface area contributed by atoms with E-state index in [9.17, 15) is 4.39 Å². The maximum Gasteiger partial charge on any atom is 0.123 e. The zero-order chi connectivity index (χ0) is 12.7. The van der Waals surface area contributed by atoms with Gasteiger partial charge in [0.05, 0.1) is 0 Å². The highest BCUT2D eigenvalue weighted by Crippen LogP contribution is 2.19. The number of hydrogen-bond donors (Lipinski definition) is 1. The summed E-state index contributed by atoms with van der Waals surface area (Å²) in [7, 11) is 2.08. The van der Waals surface area contributed by atoms with Crippen LogP contribution in [0, 0.1) is 5.82 Å². The van der Waals surface area contributed by atoms with E-state index in [1.807, 2.05) is 12.1 Å². The molecule has 1 aromatic carbocycles. The van der Waals surface area contributed by atoms with Gasteiger partial charge in [-0.3, -0.25) is 4.90 Å². The molecule has 0 heterocycles. The first-order valence-corrected chi connectivity index (χ1v) is 6.34. The normalized spacial score (nSPS) is 13.0. The molecule has 0 fully saturated rings. The number of nitrogens with zero attached hydrogens (tertiary/aromatic N) is 1. The highest BCUT2D eigenvalue weighted by Gasteiger charge is 2.14. The summed E-state index contributed by atoms with van der Waals surface area (Å²) >= 11 is 0. The Kier molecular flexibility index (Phi) is 6.16. The van der Waals surface area contributed by atoms with Gasteiger partial charge in [-0.1, -0.05) is 31.9 Å². The van der Waals surface area contributed by atoms with Crippen LogP contribution in [-0.4, -0.2) is 25.0 Å². The van der Waals surface area contributed by atoms with Crippen molar-refractivity contribution in [2.45, 2.75) is 32.2 Å². The summed E-state index contributed by atoms with van der Waals surface area (Å²) in [6, 6.07) is 6.83. The molecule has 3 heteroatoms. The molecule has 0 bridgehead atoms. The molecule has 0 aliphatic heterocycles. The van der Waals surface area contributed by atoms with Crippen LogP contribution >= 0.6 is 0 Å². The van der Waals surface area contributed by atoms with Gasteiger partial charge in [0, 0.05) is 12.6 Å². The Morgan fingerprint density at radius 3 is 2.41 bits per heavy atom. The van der Waals surface area contributed by atoms with Gasteiger partial charge < -0.3 is 5.73 Å². The average Bonchev–Trinajstić information content (AvgIpc) is 2.33. The van der Waals surface area contributed by atoms with E-state index in [2.05, 4.69) is 18.9 Å². The fraction of sp³-hybridized carbons (Fsp3) is 0.571. The third kappa shape index (κ3) is 4.44. The second-order valence-corrected chi connectivity index (χ2v) is 4.49. The summed E-state index contributed by atoms with van der Waals surface area (Å²) in [5, 5.41) is 0. The zero-order valence-corrected chi connectivity index (χ0v) is 10.8. The molecule has 1 unspecified atom stereocenters. The van der Waals surface area contributed by atoms with Gasteiger partial charge >= 0.3 is 0 Å². The summed E-state index contributed by atoms with van der Waals surface area (Å²) in [6.07, 6.45) is 3.65. The molecule has 1 atom stereocenters. The quantitative estimate of drug-likeness (QED) is 0.740. The molecule has 96 valence electrons. The van der Waals surface area contributed by atoms with Gasteiger partial charge in [0.25, 0.3) is 0 Å². The first kappa shape index (κ1) is 14.1. The minimum absolute atomic E-state index is 0.187. The molecule has 0 radical (unpaired) electrons. The molecule has 0 spiro atoms.